The number of amides is 3. The Morgan fingerprint density at radius 2 is 1.76 bits per heavy atom. The molecule has 0 saturated heterocycles. The number of ketones is 1. The van der Waals surface area contributed by atoms with Gasteiger partial charge in [-0.25, -0.2) is 4.79 Å². The van der Waals surface area contributed by atoms with Crippen LogP contribution in [0.25, 0.3) is 0 Å². The Balaban J connectivity index is 1.82. The van der Waals surface area contributed by atoms with Gasteiger partial charge in [0.05, 0.1) is 0 Å². The summed E-state index contributed by atoms with van der Waals surface area (Å²) in [5.74, 6) is -0.212. The van der Waals surface area contributed by atoms with Crippen molar-refractivity contribution in [2.75, 3.05) is 5.32 Å². The molecule has 0 aromatic heterocycles. The molecule has 1 saturated carbocycles. The molecule has 1 aromatic rings. The van der Waals surface area contributed by atoms with E-state index in [1.165, 1.54) is 6.92 Å². The molecular weight excluding hydrogens is 270 g/mol. The van der Waals surface area contributed by atoms with E-state index in [2.05, 4.69) is 16.0 Å². The Bertz CT molecular complexity index is 550. The molecule has 6 heteroatoms. The number of benzene rings is 1. The number of nitrogens with one attached hydrogen (secondary N) is 3. The molecule has 1 atom stereocenters. The van der Waals surface area contributed by atoms with Gasteiger partial charge in [0.2, 0.25) is 5.91 Å². The van der Waals surface area contributed by atoms with E-state index in [1.807, 2.05) is 0 Å². The first-order valence-electron chi connectivity index (χ1n) is 6.94. The molecule has 1 aliphatic carbocycles. The van der Waals surface area contributed by atoms with Gasteiger partial charge >= 0.3 is 6.03 Å². The molecule has 3 N–H and O–H groups in total. The van der Waals surface area contributed by atoms with Crippen LogP contribution in [0.5, 0.6) is 0 Å². The number of urea groups is 1. The average molecular weight is 289 g/mol. The van der Waals surface area contributed by atoms with Crippen LogP contribution in [-0.2, 0) is 4.79 Å². The van der Waals surface area contributed by atoms with E-state index in [1.54, 1.807) is 31.2 Å². The topological polar surface area (TPSA) is 87.3 Å². The minimum absolute atomic E-state index is 0.0311. The molecule has 6 nitrogen and oxygen atoms in total. The Kier molecular flexibility index (Phi) is 4.57. The highest BCUT2D eigenvalue weighted by molar-refractivity contribution is 5.96. The summed E-state index contributed by atoms with van der Waals surface area (Å²) in [4.78, 5) is 34.6. The van der Waals surface area contributed by atoms with E-state index in [0.717, 1.165) is 12.8 Å². The lowest BCUT2D eigenvalue weighted by atomic mass is 10.1. The Labute approximate surface area is 123 Å². The summed E-state index contributed by atoms with van der Waals surface area (Å²) < 4.78 is 0. The van der Waals surface area contributed by atoms with Crippen LogP contribution in [0.3, 0.4) is 0 Å². The van der Waals surface area contributed by atoms with Crippen LogP contribution in [0.1, 0.15) is 37.0 Å². The van der Waals surface area contributed by atoms with Gasteiger partial charge in [0.1, 0.15) is 6.04 Å². The Hall–Kier alpha value is -2.37. The quantitative estimate of drug-likeness (QED) is 0.721. The van der Waals surface area contributed by atoms with E-state index >= 15 is 0 Å². The van der Waals surface area contributed by atoms with Gasteiger partial charge in [-0.1, -0.05) is 0 Å². The van der Waals surface area contributed by atoms with Crippen molar-refractivity contribution in [1.82, 2.24) is 10.6 Å². The fourth-order valence-electron chi connectivity index (χ4n) is 1.77. The van der Waals surface area contributed by atoms with Crippen molar-refractivity contribution < 1.29 is 14.4 Å². The molecule has 21 heavy (non-hydrogen) atoms. The van der Waals surface area contributed by atoms with Crippen LogP contribution >= 0.6 is 0 Å². The van der Waals surface area contributed by atoms with Gasteiger partial charge in [-0.3, -0.25) is 9.59 Å². The van der Waals surface area contributed by atoms with Crippen LogP contribution in [0.15, 0.2) is 24.3 Å². The van der Waals surface area contributed by atoms with Crippen molar-refractivity contribution in [3.63, 3.8) is 0 Å². The monoisotopic (exact) mass is 289 g/mol. The largest absolute Gasteiger partial charge is 0.352 e. The van der Waals surface area contributed by atoms with E-state index in [0.29, 0.717) is 11.3 Å². The smallest absolute Gasteiger partial charge is 0.319 e. The molecule has 1 aromatic carbocycles. The van der Waals surface area contributed by atoms with Crippen molar-refractivity contribution in [2.24, 2.45) is 0 Å². The summed E-state index contributed by atoms with van der Waals surface area (Å²) in [5, 5.41) is 8.01. The van der Waals surface area contributed by atoms with Crippen LogP contribution in [0.2, 0.25) is 0 Å². The second-order valence-electron chi connectivity index (χ2n) is 5.24. The Morgan fingerprint density at radius 1 is 1.14 bits per heavy atom. The standard InChI is InChI=1S/C15H19N3O3/c1-9(14(20)17-12-7-8-12)16-15(21)18-13-5-3-11(4-6-13)10(2)19/h3-6,9,12H,7-8H2,1-2H3,(H,17,20)(H2,16,18,21). The maximum absolute atomic E-state index is 11.8. The SMILES string of the molecule is CC(=O)c1ccc(NC(=O)NC(C)C(=O)NC2CC2)cc1. The lowest BCUT2D eigenvalue weighted by molar-refractivity contribution is -0.122. The highest BCUT2D eigenvalue weighted by atomic mass is 16.2. The fourth-order valence-corrected chi connectivity index (χ4v) is 1.77. The minimum Gasteiger partial charge on any atom is -0.352 e. The predicted molar refractivity (Wildman–Crippen MR) is 79.2 cm³/mol. The van der Waals surface area contributed by atoms with Crippen molar-refractivity contribution in [1.29, 1.82) is 0 Å². The van der Waals surface area contributed by atoms with E-state index < -0.39 is 12.1 Å². The summed E-state index contributed by atoms with van der Waals surface area (Å²) in [6.45, 7) is 3.12. The molecule has 0 spiro atoms. The molecule has 1 aliphatic rings. The second kappa shape index (κ2) is 6.39. The first kappa shape index (κ1) is 15.0. The van der Waals surface area contributed by atoms with E-state index in [4.69, 9.17) is 0 Å². The summed E-state index contributed by atoms with van der Waals surface area (Å²) in [6, 6.07) is 5.79. The molecule has 0 radical (unpaired) electrons. The van der Waals surface area contributed by atoms with Gasteiger partial charge in [0, 0.05) is 17.3 Å². The van der Waals surface area contributed by atoms with Gasteiger partial charge in [0.15, 0.2) is 5.78 Å². The molecular formula is C15H19N3O3. The highest BCUT2D eigenvalue weighted by Gasteiger charge is 2.26. The molecule has 1 unspecified atom stereocenters. The van der Waals surface area contributed by atoms with Crippen LogP contribution in [0, 0.1) is 0 Å². The minimum atomic E-state index is -0.595. The lowest BCUT2D eigenvalue weighted by Gasteiger charge is -2.14. The average Bonchev–Trinajstić information content (AvgIpc) is 3.23. The molecule has 3 amide bonds. The number of Topliss-reactive ketones (excluding diaryl/α,β-unsaturated/α-hetero) is 1. The number of hydrogen-bond donors (Lipinski definition) is 3. The predicted octanol–water partition coefficient (Wildman–Crippen LogP) is 1.68. The number of hydrogen-bond acceptors (Lipinski definition) is 3. The van der Waals surface area contributed by atoms with E-state index in [-0.39, 0.29) is 17.7 Å². The third-order valence-electron chi connectivity index (χ3n) is 3.21. The van der Waals surface area contributed by atoms with E-state index in [9.17, 15) is 14.4 Å². The molecule has 112 valence electrons. The van der Waals surface area contributed by atoms with Crippen LogP contribution in [0.4, 0.5) is 10.5 Å². The zero-order valence-corrected chi connectivity index (χ0v) is 12.1. The van der Waals surface area contributed by atoms with Crippen molar-refractivity contribution in [3.05, 3.63) is 29.8 Å². The third kappa shape index (κ3) is 4.59. The second-order valence-corrected chi connectivity index (χ2v) is 5.24. The maximum Gasteiger partial charge on any atom is 0.319 e. The zero-order chi connectivity index (χ0) is 15.4. The molecule has 0 heterocycles. The van der Waals surface area contributed by atoms with Gasteiger partial charge in [-0.15, -0.1) is 0 Å². The highest BCUT2D eigenvalue weighted by Crippen LogP contribution is 2.18. The number of carbonyl (C=O) groups excluding carboxylic acids is 3. The summed E-state index contributed by atoms with van der Waals surface area (Å²) in [7, 11) is 0. The first-order valence-corrected chi connectivity index (χ1v) is 6.94. The lowest BCUT2D eigenvalue weighted by Crippen LogP contribution is -2.46. The molecule has 1 fully saturated rings. The van der Waals surface area contributed by atoms with Crippen molar-refractivity contribution in [3.8, 4) is 0 Å². The van der Waals surface area contributed by atoms with Crippen molar-refractivity contribution in [2.45, 2.75) is 38.8 Å². The van der Waals surface area contributed by atoms with Crippen molar-refractivity contribution >= 4 is 23.4 Å². The molecule has 2 rings (SSSR count). The number of anilines is 1. The maximum atomic E-state index is 11.8. The summed E-state index contributed by atoms with van der Waals surface area (Å²) >= 11 is 0. The van der Waals surface area contributed by atoms with Gasteiger partial charge < -0.3 is 16.0 Å². The summed E-state index contributed by atoms with van der Waals surface area (Å²) in [5.41, 5.74) is 1.14. The molecule has 0 aliphatic heterocycles. The first-order chi connectivity index (χ1) is 9.95. The normalized spacial score (nSPS) is 15.0. The van der Waals surface area contributed by atoms with Gasteiger partial charge in [-0.2, -0.15) is 0 Å². The van der Waals surface area contributed by atoms with Crippen LogP contribution in [-0.4, -0.2) is 29.8 Å². The Morgan fingerprint density at radius 3 is 2.29 bits per heavy atom. The summed E-state index contributed by atoms with van der Waals surface area (Å²) in [6.07, 6.45) is 2.01. The number of carbonyl (C=O) groups is 3. The third-order valence-corrected chi connectivity index (χ3v) is 3.21. The van der Waals surface area contributed by atoms with Gasteiger partial charge in [-0.05, 0) is 51.0 Å². The van der Waals surface area contributed by atoms with Crippen LogP contribution < -0.4 is 16.0 Å². The van der Waals surface area contributed by atoms with Gasteiger partial charge in [0.25, 0.3) is 0 Å². The fraction of sp³-hybridized carbons (Fsp3) is 0.400. The molecule has 0 bridgehead atoms. The zero-order valence-electron chi connectivity index (χ0n) is 12.1. The number of rotatable bonds is 5.